The number of nitrogens with zero attached hydrogens (tertiary/aromatic N) is 3. The summed E-state index contributed by atoms with van der Waals surface area (Å²) in [6.07, 6.45) is 0.784. The molecule has 7 heteroatoms. The third-order valence-electron chi connectivity index (χ3n) is 3.54. The first-order valence-corrected chi connectivity index (χ1v) is 6.10. The number of hydrogen-bond acceptors (Lipinski definition) is 3. The normalized spacial score (nSPS) is 20.9. The van der Waals surface area contributed by atoms with Crippen molar-refractivity contribution in [2.45, 2.75) is 19.4 Å². The number of piperazine rings is 1. The molecule has 3 nitrogen and oxygen atoms in total. The average molecular weight is 277 g/mol. The highest BCUT2D eigenvalue weighted by molar-refractivity contribution is 5.49. The molecule has 1 aliphatic heterocycles. The van der Waals surface area contributed by atoms with E-state index >= 15 is 0 Å². The highest BCUT2D eigenvalue weighted by Gasteiger charge is 2.30. The van der Waals surface area contributed by atoms with Crippen molar-refractivity contribution in [1.29, 1.82) is 0 Å². The van der Waals surface area contributed by atoms with Crippen LogP contribution in [-0.4, -0.2) is 42.6 Å². The van der Waals surface area contributed by atoms with Gasteiger partial charge in [-0.25, -0.2) is 0 Å². The predicted octanol–water partition coefficient (Wildman–Crippen LogP) is 2.17. The summed E-state index contributed by atoms with van der Waals surface area (Å²) in [7, 11) is 1.91. The van der Waals surface area contributed by atoms with Crippen molar-refractivity contribution in [2.24, 2.45) is 0 Å². The van der Waals surface area contributed by atoms with Gasteiger partial charge in [0.05, 0.1) is 0 Å². The lowest BCUT2D eigenvalue weighted by Gasteiger charge is -2.40. The van der Waals surface area contributed by atoms with Crippen molar-refractivity contribution >= 4 is 5.69 Å². The average Bonchev–Trinajstić information content (AvgIpc) is 2.38. The molecule has 106 valence electrons. The molecule has 0 N–H and O–H groups in total. The predicted molar refractivity (Wildman–Crippen MR) is 63.0 cm³/mol. The number of hydrogen-bond donors (Lipinski definition) is 0. The van der Waals surface area contributed by atoms with Gasteiger partial charge in [0.1, 0.15) is 5.69 Å². The van der Waals surface area contributed by atoms with E-state index in [9.17, 15) is 17.6 Å². The van der Waals surface area contributed by atoms with Crippen LogP contribution in [-0.2, 0) is 0 Å². The van der Waals surface area contributed by atoms with Gasteiger partial charge in [0, 0.05) is 25.7 Å². The maximum absolute atomic E-state index is 13.7. The molecule has 1 aliphatic rings. The topological polar surface area (TPSA) is 19.4 Å². The Kier molecular flexibility index (Phi) is 3.93. The van der Waals surface area contributed by atoms with Crippen LogP contribution in [0.1, 0.15) is 13.3 Å². The van der Waals surface area contributed by atoms with E-state index in [0.29, 0.717) is 19.6 Å². The van der Waals surface area contributed by atoms with Gasteiger partial charge in [-0.15, -0.1) is 0 Å². The summed E-state index contributed by atoms with van der Waals surface area (Å²) in [6, 6.07) is 0.0897. The van der Waals surface area contributed by atoms with Crippen LogP contribution >= 0.6 is 0 Å². The van der Waals surface area contributed by atoms with Crippen molar-refractivity contribution in [1.82, 2.24) is 9.88 Å². The Morgan fingerprint density at radius 3 is 2.21 bits per heavy atom. The van der Waals surface area contributed by atoms with Crippen molar-refractivity contribution in [3.05, 3.63) is 23.5 Å². The second kappa shape index (κ2) is 5.32. The first-order chi connectivity index (χ1) is 8.95. The van der Waals surface area contributed by atoms with Crippen LogP contribution in [0.3, 0.4) is 0 Å². The fraction of sp³-hybridized carbons (Fsp3) is 0.583. The highest BCUT2D eigenvalue weighted by atomic mass is 19.2. The van der Waals surface area contributed by atoms with Crippen molar-refractivity contribution < 1.29 is 17.6 Å². The molecule has 0 saturated carbocycles. The van der Waals surface area contributed by atoms with Gasteiger partial charge < -0.3 is 4.90 Å². The Bertz CT molecular complexity index is 454. The molecule has 1 unspecified atom stereocenters. The van der Waals surface area contributed by atoms with Crippen molar-refractivity contribution in [2.75, 3.05) is 31.6 Å². The van der Waals surface area contributed by atoms with Gasteiger partial charge in [0.15, 0.2) is 0 Å². The first kappa shape index (κ1) is 14.0. The van der Waals surface area contributed by atoms with Gasteiger partial charge in [-0.05, 0) is 13.5 Å². The Hall–Kier alpha value is -1.37. The van der Waals surface area contributed by atoms with Crippen LogP contribution in [0.25, 0.3) is 0 Å². The van der Waals surface area contributed by atoms with Crippen LogP contribution in [0.15, 0.2) is 0 Å². The molecular formula is C12H15F4N3. The van der Waals surface area contributed by atoms with Crippen LogP contribution in [0.4, 0.5) is 23.2 Å². The highest BCUT2D eigenvalue weighted by Crippen LogP contribution is 2.28. The SMILES string of the molecule is CCC1CN(c2c(F)c(F)nc(F)c2F)CCN1C. The number of pyridine rings is 1. The lowest BCUT2D eigenvalue weighted by Crippen LogP contribution is -2.51. The van der Waals surface area contributed by atoms with E-state index in [1.54, 1.807) is 0 Å². The van der Waals surface area contributed by atoms with Gasteiger partial charge in [-0.1, -0.05) is 6.92 Å². The van der Waals surface area contributed by atoms with Crippen LogP contribution in [0, 0.1) is 23.5 Å². The van der Waals surface area contributed by atoms with E-state index in [0.717, 1.165) is 6.42 Å². The smallest absolute Gasteiger partial charge is 0.253 e. The van der Waals surface area contributed by atoms with E-state index in [-0.39, 0.29) is 6.04 Å². The summed E-state index contributed by atoms with van der Waals surface area (Å²) in [5.41, 5.74) is -0.656. The molecule has 1 aromatic rings. The summed E-state index contributed by atoms with van der Waals surface area (Å²) >= 11 is 0. The van der Waals surface area contributed by atoms with Crippen LogP contribution in [0.5, 0.6) is 0 Å². The van der Waals surface area contributed by atoms with Gasteiger partial charge in [-0.3, -0.25) is 4.90 Å². The van der Waals surface area contributed by atoms with Crippen LogP contribution in [0.2, 0.25) is 0 Å². The molecule has 2 heterocycles. The number of anilines is 1. The molecule has 0 bridgehead atoms. The fourth-order valence-electron chi connectivity index (χ4n) is 2.34. The Balaban J connectivity index is 2.37. The third kappa shape index (κ3) is 2.51. The third-order valence-corrected chi connectivity index (χ3v) is 3.54. The second-order valence-electron chi connectivity index (χ2n) is 4.66. The molecule has 2 rings (SSSR count). The van der Waals surface area contributed by atoms with E-state index in [1.807, 2.05) is 14.0 Å². The molecule has 0 aliphatic carbocycles. The molecule has 19 heavy (non-hydrogen) atoms. The number of halogens is 4. The minimum atomic E-state index is -1.61. The van der Waals surface area contributed by atoms with E-state index in [2.05, 4.69) is 9.88 Å². The van der Waals surface area contributed by atoms with Gasteiger partial charge in [-0.2, -0.15) is 22.5 Å². The summed E-state index contributed by atoms with van der Waals surface area (Å²) in [6.45, 7) is 3.15. The maximum atomic E-state index is 13.7. The molecule has 1 atom stereocenters. The van der Waals surface area contributed by atoms with Gasteiger partial charge in [0.2, 0.25) is 11.6 Å². The lowest BCUT2D eigenvalue weighted by atomic mass is 10.1. The zero-order chi connectivity index (χ0) is 14.2. The Morgan fingerprint density at radius 1 is 1.11 bits per heavy atom. The van der Waals surface area contributed by atoms with E-state index in [1.165, 1.54) is 4.90 Å². The molecule has 1 saturated heterocycles. The number of rotatable bonds is 2. The molecule has 0 radical (unpaired) electrons. The van der Waals surface area contributed by atoms with E-state index in [4.69, 9.17) is 0 Å². The Morgan fingerprint density at radius 2 is 1.68 bits per heavy atom. The molecule has 0 amide bonds. The molecule has 1 fully saturated rings. The molecule has 1 aromatic heterocycles. The summed E-state index contributed by atoms with van der Waals surface area (Å²) in [4.78, 5) is 5.96. The zero-order valence-corrected chi connectivity index (χ0v) is 10.8. The van der Waals surface area contributed by atoms with Gasteiger partial charge in [0.25, 0.3) is 11.9 Å². The van der Waals surface area contributed by atoms with Crippen molar-refractivity contribution in [3.8, 4) is 0 Å². The lowest BCUT2D eigenvalue weighted by molar-refractivity contribution is 0.211. The fourth-order valence-corrected chi connectivity index (χ4v) is 2.34. The molecule has 0 spiro atoms. The van der Waals surface area contributed by atoms with E-state index < -0.39 is 29.2 Å². The standard InChI is InChI=1S/C12H15F4N3/c1-3-7-6-19(5-4-18(7)2)10-8(13)11(15)17-12(16)9(10)14/h7H,3-6H2,1-2H3. The summed E-state index contributed by atoms with van der Waals surface area (Å²) in [5, 5.41) is 0. The monoisotopic (exact) mass is 277 g/mol. The molecule has 0 aromatic carbocycles. The maximum Gasteiger partial charge on any atom is 0.253 e. The Labute approximate surface area is 108 Å². The molecular weight excluding hydrogens is 262 g/mol. The largest absolute Gasteiger partial charge is 0.364 e. The van der Waals surface area contributed by atoms with Gasteiger partial charge >= 0.3 is 0 Å². The minimum absolute atomic E-state index is 0.0897. The number of aromatic nitrogens is 1. The second-order valence-corrected chi connectivity index (χ2v) is 4.66. The minimum Gasteiger partial charge on any atom is -0.364 e. The number of likely N-dealkylation sites (N-methyl/N-ethyl adjacent to an activating group) is 1. The zero-order valence-electron chi connectivity index (χ0n) is 10.8. The summed E-state index contributed by atoms with van der Waals surface area (Å²) in [5.74, 6) is -6.08. The van der Waals surface area contributed by atoms with Crippen molar-refractivity contribution in [3.63, 3.8) is 0 Å². The summed E-state index contributed by atoms with van der Waals surface area (Å²) < 4.78 is 53.5. The first-order valence-electron chi connectivity index (χ1n) is 6.10. The quantitative estimate of drug-likeness (QED) is 0.610. The van der Waals surface area contributed by atoms with Crippen LogP contribution < -0.4 is 4.90 Å².